The van der Waals surface area contributed by atoms with Gasteiger partial charge in [-0.3, -0.25) is 9.69 Å². The minimum absolute atomic E-state index is 0.0957. The number of nitrogens with zero attached hydrogens (tertiary/aromatic N) is 4. The number of nitriles is 1. The zero-order valence-electron chi connectivity index (χ0n) is 17.3. The normalized spacial score (nSPS) is 18.3. The first-order valence-corrected chi connectivity index (χ1v) is 11.7. The highest BCUT2D eigenvalue weighted by molar-refractivity contribution is 7.89. The van der Waals surface area contributed by atoms with Crippen LogP contribution in [0.2, 0.25) is 0 Å². The fraction of sp³-hybridized carbons (Fsp3) is 0.455. The fourth-order valence-electron chi connectivity index (χ4n) is 4.22. The summed E-state index contributed by atoms with van der Waals surface area (Å²) in [6.45, 7) is 6.09. The Morgan fingerprint density at radius 3 is 2.30 bits per heavy atom. The van der Waals surface area contributed by atoms with Crippen molar-refractivity contribution in [3.8, 4) is 6.07 Å². The number of piperazine rings is 1. The van der Waals surface area contributed by atoms with E-state index in [0.29, 0.717) is 44.3 Å². The molecule has 7 nitrogen and oxygen atoms in total. The zero-order valence-corrected chi connectivity index (χ0v) is 18.2. The average molecular weight is 427 g/mol. The van der Waals surface area contributed by atoms with Gasteiger partial charge >= 0.3 is 0 Å². The second-order valence-corrected chi connectivity index (χ2v) is 10.1. The molecule has 4 rings (SSSR count). The van der Waals surface area contributed by atoms with E-state index in [-0.39, 0.29) is 10.7 Å². The molecule has 2 heterocycles. The lowest BCUT2D eigenvalue weighted by atomic mass is 10.1. The van der Waals surface area contributed by atoms with Crippen LogP contribution >= 0.6 is 0 Å². The van der Waals surface area contributed by atoms with E-state index in [1.165, 1.54) is 41.4 Å². The topological polar surface area (TPSA) is 86.4 Å². The molecule has 2 aliphatic rings. The predicted molar refractivity (Wildman–Crippen MR) is 113 cm³/mol. The van der Waals surface area contributed by atoms with Crippen molar-refractivity contribution in [1.29, 1.82) is 5.26 Å². The molecule has 1 saturated heterocycles. The Kier molecular flexibility index (Phi) is 5.53. The largest absolute Gasteiger partial charge is 0.345 e. The molecule has 1 saturated carbocycles. The lowest BCUT2D eigenvalue weighted by Gasteiger charge is -2.33. The molecule has 8 heteroatoms. The zero-order chi connectivity index (χ0) is 21.5. The van der Waals surface area contributed by atoms with Gasteiger partial charge in [-0.25, -0.2) is 8.42 Å². The number of benzene rings is 1. The van der Waals surface area contributed by atoms with Gasteiger partial charge in [-0.2, -0.15) is 9.57 Å². The molecule has 158 valence electrons. The van der Waals surface area contributed by atoms with Crippen LogP contribution in [0.5, 0.6) is 0 Å². The van der Waals surface area contributed by atoms with Crippen molar-refractivity contribution < 1.29 is 13.2 Å². The van der Waals surface area contributed by atoms with E-state index in [1.54, 1.807) is 0 Å². The molecule has 0 radical (unpaired) electrons. The molecular formula is C22H26N4O3S. The van der Waals surface area contributed by atoms with Gasteiger partial charge in [-0.05, 0) is 57.0 Å². The van der Waals surface area contributed by atoms with E-state index in [9.17, 15) is 13.2 Å². The van der Waals surface area contributed by atoms with Gasteiger partial charge in [-0.1, -0.05) is 0 Å². The average Bonchev–Trinajstić information content (AvgIpc) is 3.52. The highest BCUT2D eigenvalue weighted by atomic mass is 32.2. The Bertz CT molecular complexity index is 1100. The van der Waals surface area contributed by atoms with Crippen LogP contribution in [-0.2, 0) is 10.0 Å². The molecule has 0 unspecified atom stereocenters. The first kappa shape index (κ1) is 20.8. The van der Waals surface area contributed by atoms with Crippen molar-refractivity contribution >= 4 is 15.8 Å². The number of rotatable bonds is 6. The van der Waals surface area contributed by atoms with Gasteiger partial charge in [0.05, 0.1) is 23.1 Å². The molecule has 0 spiro atoms. The fourth-order valence-corrected chi connectivity index (χ4v) is 5.64. The van der Waals surface area contributed by atoms with Crippen LogP contribution in [0.4, 0.5) is 0 Å². The standard InChI is InChI=1S/C22H26N4O3S/c1-16-13-21(17(2)26(16)19-5-6-19)22(27)15-24-9-11-25(12-10-24)30(28,29)20-7-3-18(14-23)4-8-20/h3-4,7-8,13,19H,5-6,9-12,15H2,1-2H3. The number of carbonyl (C=O) groups is 1. The van der Waals surface area contributed by atoms with Crippen LogP contribution in [0.3, 0.4) is 0 Å². The van der Waals surface area contributed by atoms with E-state index in [1.807, 2.05) is 24.0 Å². The molecule has 0 amide bonds. The molecule has 1 aromatic heterocycles. The molecular weight excluding hydrogens is 400 g/mol. The summed E-state index contributed by atoms with van der Waals surface area (Å²) in [4.78, 5) is 15.1. The molecule has 1 aliphatic carbocycles. The number of ketones is 1. The highest BCUT2D eigenvalue weighted by Crippen LogP contribution is 2.38. The smallest absolute Gasteiger partial charge is 0.243 e. The molecule has 0 bridgehead atoms. The molecule has 0 N–H and O–H groups in total. The van der Waals surface area contributed by atoms with Gasteiger partial charge in [0.15, 0.2) is 5.78 Å². The number of sulfonamides is 1. The van der Waals surface area contributed by atoms with E-state index < -0.39 is 10.0 Å². The number of Topliss-reactive ketones (excluding diaryl/α,β-unsaturated/α-hetero) is 1. The van der Waals surface area contributed by atoms with E-state index in [0.717, 1.165) is 17.0 Å². The maximum atomic E-state index is 12.9. The minimum atomic E-state index is -3.59. The summed E-state index contributed by atoms with van der Waals surface area (Å²) in [6, 6.07) is 10.5. The van der Waals surface area contributed by atoms with E-state index in [4.69, 9.17) is 5.26 Å². The van der Waals surface area contributed by atoms with Crippen LogP contribution < -0.4 is 0 Å². The molecule has 2 aromatic rings. The van der Waals surface area contributed by atoms with Gasteiger partial charge in [0.25, 0.3) is 0 Å². The minimum Gasteiger partial charge on any atom is -0.345 e. The summed E-state index contributed by atoms with van der Waals surface area (Å²) >= 11 is 0. The number of aryl methyl sites for hydroxylation is 1. The van der Waals surface area contributed by atoms with Crippen LogP contribution in [0.15, 0.2) is 35.2 Å². The van der Waals surface area contributed by atoms with Gasteiger partial charge in [-0.15, -0.1) is 0 Å². The van der Waals surface area contributed by atoms with Crippen molar-refractivity contribution in [3.63, 3.8) is 0 Å². The van der Waals surface area contributed by atoms with E-state index in [2.05, 4.69) is 11.5 Å². The van der Waals surface area contributed by atoms with Crippen LogP contribution in [0.25, 0.3) is 0 Å². The number of aromatic nitrogens is 1. The first-order chi connectivity index (χ1) is 14.3. The van der Waals surface area contributed by atoms with Crippen molar-refractivity contribution in [1.82, 2.24) is 13.8 Å². The van der Waals surface area contributed by atoms with Gasteiger partial charge in [0, 0.05) is 49.2 Å². The number of hydrogen-bond acceptors (Lipinski definition) is 5. The van der Waals surface area contributed by atoms with Gasteiger partial charge in [0.1, 0.15) is 0 Å². The van der Waals surface area contributed by atoms with Crippen molar-refractivity contribution in [2.24, 2.45) is 0 Å². The van der Waals surface area contributed by atoms with Gasteiger partial charge < -0.3 is 4.57 Å². The third-order valence-electron chi connectivity index (χ3n) is 6.02. The summed E-state index contributed by atoms with van der Waals surface area (Å²) < 4.78 is 29.4. The molecule has 30 heavy (non-hydrogen) atoms. The lowest BCUT2D eigenvalue weighted by molar-refractivity contribution is 0.0901. The first-order valence-electron chi connectivity index (χ1n) is 10.3. The Morgan fingerprint density at radius 2 is 1.73 bits per heavy atom. The van der Waals surface area contributed by atoms with Crippen LogP contribution in [-0.4, -0.2) is 60.7 Å². The SMILES string of the molecule is Cc1cc(C(=O)CN2CCN(S(=O)(=O)c3ccc(C#N)cc3)CC2)c(C)n1C1CC1. The summed E-state index contributed by atoms with van der Waals surface area (Å²) in [7, 11) is -3.59. The number of hydrogen-bond donors (Lipinski definition) is 0. The highest BCUT2D eigenvalue weighted by Gasteiger charge is 2.31. The number of carbonyl (C=O) groups excluding carboxylic acids is 1. The second kappa shape index (κ2) is 7.99. The lowest BCUT2D eigenvalue weighted by Crippen LogP contribution is -2.49. The quantitative estimate of drug-likeness (QED) is 0.663. The third kappa shape index (κ3) is 3.93. The maximum absolute atomic E-state index is 12.9. The summed E-state index contributed by atoms with van der Waals surface area (Å²) in [5, 5.41) is 8.88. The molecule has 0 atom stereocenters. The summed E-state index contributed by atoms with van der Waals surface area (Å²) in [5.41, 5.74) is 3.39. The Labute approximate surface area is 177 Å². The van der Waals surface area contributed by atoms with Crippen molar-refractivity contribution in [2.45, 2.75) is 37.6 Å². The van der Waals surface area contributed by atoms with Crippen LogP contribution in [0.1, 0.15) is 46.2 Å². The van der Waals surface area contributed by atoms with Crippen LogP contribution in [0, 0.1) is 25.2 Å². The Morgan fingerprint density at radius 1 is 1.10 bits per heavy atom. The van der Waals surface area contributed by atoms with Crippen molar-refractivity contribution in [2.75, 3.05) is 32.7 Å². The van der Waals surface area contributed by atoms with Crippen molar-refractivity contribution in [3.05, 3.63) is 52.8 Å². The molecule has 1 aliphatic heterocycles. The monoisotopic (exact) mass is 426 g/mol. The third-order valence-corrected chi connectivity index (χ3v) is 7.93. The Hall–Kier alpha value is -2.47. The molecule has 1 aromatic carbocycles. The molecule has 2 fully saturated rings. The second-order valence-electron chi connectivity index (χ2n) is 8.13. The summed E-state index contributed by atoms with van der Waals surface area (Å²) in [5.74, 6) is 0.0957. The summed E-state index contributed by atoms with van der Waals surface area (Å²) in [6.07, 6.45) is 2.36. The Balaban J connectivity index is 1.38. The van der Waals surface area contributed by atoms with E-state index >= 15 is 0 Å². The maximum Gasteiger partial charge on any atom is 0.243 e. The van der Waals surface area contributed by atoms with Gasteiger partial charge in [0.2, 0.25) is 10.0 Å². The predicted octanol–water partition coefficient (Wildman–Crippen LogP) is 2.50.